The Hall–Kier alpha value is -2.09. The van der Waals surface area contributed by atoms with Crippen LogP contribution in [0, 0.1) is 0 Å². The number of anilines is 1. The van der Waals surface area contributed by atoms with E-state index in [2.05, 4.69) is 15.6 Å². The molecule has 0 aromatic carbocycles. The number of piperazine rings is 1. The zero-order valence-electron chi connectivity index (χ0n) is 14.8. The summed E-state index contributed by atoms with van der Waals surface area (Å²) in [6, 6.07) is 0.0303. The standard InChI is InChI=1S/C16H27N5O3/c1-5-20-8-7-18-13(14(20)22)19-10-12-11-21(9-6-17-12)15(23)24-16(2,3)4/h7-8,12,17H,5-6,9-11H2,1-4H3,(H,18,19). The van der Waals surface area contributed by atoms with E-state index >= 15 is 0 Å². The first kappa shape index (κ1) is 18.3. The number of ether oxygens (including phenoxy) is 1. The molecule has 0 aliphatic carbocycles. The number of hydrogen-bond acceptors (Lipinski definition) is 6. The number of carbonyl (C=O) groups excluding carboxylic acids is 1. The number of rotatable bonds is 4. The predicted octanol–water partition coefficient (Wildman–Crippen LogP) is 0.884. The van der Waals surface area contributed by atoms with Crippen LogP contribution < -0.4 is 16.2 Å². The van der Waals surface area contributed by atoms with E-state index in [1.807, 2.05) is 27.7 Å². The second kappa shape index (κ2) is 7.65. The molecule has 1 aromatic heterocycles. The lowest BCUT2D eigenvalue weighted by molar-refractivity contribution is 0.0200. The van der Waals surface area contributed by atoms with Crippen molar-refractivity contribution in [1.82, 2.24) is 19.8 Å². The normalized spacial score (nSPS) is 18.3. The molecule has 2 N–H and O–H groups in total. The zero-order valence-corrected chi connectivity index (χ0v) is 14.8. The minimum atomic E-state index is -0.505. The maximum Gasteiger partial charge on any atom is 0.410 e. The van der Waals surface area contributed by atoms with E-state index in [0.29, 0.717) is 38.5 Å². The van der Waals surface area contributed by atoms with E-state index < -0.39 is 5.60 Å². The highest BCUT2D eigenvalue weighted by Gasteiger charge is 2.27. The average molecular weight is 337 g/mol. The van der Waals surface area contributed by atoms with Gasteiger partial charge in [-0.25, -0.2) is 9.78 Å². The molecule has 1 unspecified atom stereocenters. The Bertz CT molecular complexity index is 623. The fourth-order valence-electron chi connectivity index (χ4n) is 2.49. The van der Waals surface area contributed by atoms with Crippen LogP contribution in [-0.2, 0) is 11.3 Å². The van der Waals surface area contributed by atoms with E-state index in [1.54, 1.807) is 21.9 Å². The number of nitrogens with one attached hydrogen (secondary N) is 2. The first-order valence-electron chi connectivity index (χ1n) is 8.31. The Kier molecular flexibility index (Phi) is 5.82. The van der Waals surface area contributed by atoms with Crippen molar-refractivity contribution < 1.29 is 9.53 Å². The molecule has 0 saturated carbocycles. The third-order valence-electron chi connectivity index (χ3n) is 3.68. The molecule has 1 saturated heterocycles. The van der Waals surface area contributed by atoms with Crippen molar-refractivity contribution >= 4 is 11.9 Å². The highest BCUT2D eigenvalue weighted by molar-refractivity contribution is 5.68. The number of carbonyl (C=O) groups is 1. The van der Waals surface area contributed by atoms with Gasteiger partial charge in [-0.15, -0.1) is 0 Å². The van der Waals surface area contributed by atoms with Gasteiger partial charge in [0.2, 0.25) is 0 Å². The quantitative estimate of drug-likeness (QED) is 0.848. The third kappa shape index (κ3) is 4.95. The minimum Gasteiger partial charge on any atom is -0.444 e. The number of hydrogen-bond donors (Lipinski definition) is 2. The van der Waals surface area contributed by atoms with E-state index in [9.17, 15) is 9.59 Å². The van der Waals surface area contributed by atoms with Gasteiger partial charge in [-0.2, -0.15) is 0 Å². The van der Waals surface area contributed by atoms with Crippen LogP contribution in [0.4, 0.5) is 10.6 Å². The second-order valence-corrected chi connectivity index (χ2v) is 6.83. The molecule has 1 aliphatic rings. The Labute approximate surface area is 142 Å². The van der Waals surface area contributed by atoms with Crippen molar-refractivity contribution in [3.63, 3.8) is 0 Å². The average Bonchev–Trinajstić information content (AvgIpc) is 2.52. The van der Waals surface area contributed by atoms with Crippen LogP contribution in [0.2, 0.25) is 0 Å². The van der Waals surface area contributed by atoms with Crippen molar-refractivity contribution in [2.24, 2.45) is 0 Å². The van der Waals surface area contributed by atoms with Gasteiger partial charge in [0.15, 0.2) is 5.82 Å². The molecule has 0 radical (unpaired) electrons. The van der Waals surface area contributed by atoms with Gasteiger partial charge < -0.3 is 24.8 Å². The number of aryl methyl sites for hydroxylation is 1. The molecule has 2 rings (SSSR count). The first-order valence-corrected chi connectivity index (χ1v) is 8.31. The number of nitrogens with zero attached hydrogens (tertiary/aromatic N) is 3. The van der Waals surface area contributed by atoms with Gasteiger partial charge in [0.1, 0.15) is 5.60 Å². The van der Waals surface area contributed by atoms with Gasteiger partial charge >= 0.3 is 6.09 Å². The molecule has 8 heteroatoms. The van der Waals surface area contributed by atoms with Crippen LogP contribution >= 0.6 is 0 Å². The number of amides is 1. The molecule has 1 amide bonds. The van der Waals surface area contributed by atoms with E-state index in [1.165, 1.54) is 0 Å². The summed E-state index contributed by atoms with van der Waals surface area (Å²) < 4.78 is 7.00. The molecule has 2 heterocycles. The van der Waals surface area contributed by atoms with Gasteiger partial charge in [0, 0.05) is 51.2 Å². The monoisotopic (exact) mass is 337 g/mol. The molecule has 0 bridgehead atoms. The summed E-state index contributed by atoms with van der Waals surface area (Å²) in [6.45, 7) is 10.4. The molecule has 8 nitrogen and oxygen atoms in total. The van der Waals surface area contributed by atoms with Gasteiger partial charge in [0.05, 0.1) is 0 Å². The maximum absolute atomic E-state index is 12.2. The van der Waals surface area contributed by atoms with E-state index in [0.717, 1.165) is 0 Å². The smallest absolute Gasteiger partial charge is 0.410 e. The molecule has 1 aromatic rings. The first-order chi connectivity index (χ1) is 11.3. The van der Waals surface area contributed by atoms with Crippen LogP contribution in [0.1, 0.15) is 27.7 Å². The van der Waals surface area contributed by atoms with E-state index in [4.69, 9.17) is 4.74 Å². The molecular weight excluding hydrogens is 310 g/mol. The van der Waals surface area contributed by atoms with Crippen molar-refractivity contribution in [1.29, 1.82) is 0 Å². The molecular formula is C16H27N5O3. The highest BCUT2D eigenvalue weighted by Crippen LogP contribution is 2.11. The fourth-order valence-corrected chi connectivity index (χ4v) is 2.49. The lowest BCUT2D eigenvalue weighted by Gasteiger charge is -2.35. The largest absolute Gasteiger partial charge is 0.444 e. The number of aromatic nitrogens is 2. The van der Waals surface area contributed by atoms with Crippen LogP contribution in [0.25, 0.3) is 0 Å². The predicted molar refractivity (Wildman–Crippen MR) is 92.3 cm³/mol. The molecule has 0 spiro atoms. The SMILES string of the molecule is CCn1ccnc(NCC2CN(C(=O)OC(C)(C)C)CCN2)c1=O. The maximum atomic E-state index is 12.2. The fraction of sp³-hybridized carbons (Fsp3) is 0.688. The van der Waals surface area contributed by atoms with Gasteiger partial charge in [-0.1, -0.05) is 0 Å². The zero-order chi connectivity index (χ0) is 17.7. The molecule has 134 valence electrons. The summed E-state index contributed by atoms with van der Waals surface area (Å²) in [5, 5.41) is 6.42. The Morgan fingerprint density at radius 1 is 1.50 bits per heavy atom. The van der Waals surface area contributed by atoms with E-state index in [-0.39, 0.29) is 17.7 Å². The lowest BCUT2D eigenvalue weighted by atomic mass is 10.2. The lowest BCUT2D eigenvalue weighted by Crippen LogP contribution is -2.55. The topological polar surface area (TPSA) is 88.5 Å². The molecule has 1 atom stereocenters. The summed E-state index contributed by atoms with van der Waals surface area (Å²) in [7, 11) is 0. The van der Waals surface area contributed by atoms with Crippen LogP contribution in [0.3, 0.4) is 0 Å². The van der Waals surface area contributed by atoms with Gasteiger partial charge in [0.25, 0.3) is 5.56 Å². The Morgan fingerprint density at radius 3 is 2.92 bits per heavy atom. The summed E-state index contributed by atoms with van der Waals surface area (Å²) in [4.78, 5) is 30.1. The van der Waals surface area contributed by atoms with Crippen molar-refractivity contribution in [3.05, 3.63) is 22.7 Å². The van der Waals surface area contributed by atoms with Gasteiger partial charge in [-0.05, 0) is 27.7 Å². The Morgan fingerprint density at radius 2 is 2.25 bits per heavy atom. The van der Waals surface area contributed by atoms with Crippen molar-refractivity contribution in [2.75, 3.05) is 31.5 Å². The van der Waals surface area contributed by atoms with Crippen molar-refractivity contribution in [3.8, 4) is 0 Å². The van der Waals surface area contributed by atoms with Crippen LogP contribution in [0.5, 0.6) is 0 Å². The summed E-state index contributed by atoms with van der Waals surface area (Å²) in [5.41, 5.74) is -0.644. The minimum absolute atomic E-state index is 0.0303. The molecule has 1 fully saturated rings. The third-order valence-corrected chi connectivity index (χ3v) is 3.68. The molecule has 1 aliphatic heterocycles. The Balaban J connectivity index is 1.92. The summed E-state index contributed by atoms with van der Waals surface area (Å²) >= 11 is 0. The van der Waals surface area contributed by atoms with Gasteiger partial charge in [-0.3, -0.25) is 4.79 Å². The summed E-state index contributed by atoms with van der Waals surface area (Å²) in [5.74, 6) is 0.329. The second-order valence-electron chi connectivity index (χ2n) is 6.83. The highest BCUT2D eigenvalue weighted by atomic mass is 16.6. The van der Waals surface area contributed by atoms with Crippen LogP contribution in [-0.4, -0.2) is 58.4 Å². The van der Waals surface area contributed by atoms with Crippen LogP contribution in [0.15, 0.2) is 17.2 Å². The molecule has 24 heavy (non-hydrogen) atoms. The summed E-state index contributed by atoms with van der Waals surface area (Å²) in [6.07, 6.45) is 2.96. The van der Waals surface area contributed by atoms with Crippen molar-refractivity contribution in [2.45, 2.75) is 45.9 Å².